The van der Waals surface area contributed by atoms with Crippen molar-refractivity contribution in [3.63, 3.8) is 0 Å². The predicted molar refractivity (Wildman–Crippen MR) is 68.6 cm³/mol. The van der Waals surface area contributed by atoms with Crippen LogP contribution in [0.25, 0.3) is 5.83 Å². The van der Waals surface area contributed by atoms with Gasteiger partial charge in [-0.1, -0.05) is 15.3 Å². The molecule has 0 aliphatic rings. The second-order valence-corrected chi connectivity index (χ2v) is 4.57. The van der Waals surface area contributed by atoms with Gasteiger partial charge in [-0.25, -0.2) is 13.2 Å². The lowest BCUT2D eigenvalue weighted by Crippen LogP contribution is -2.03. The maximum Gasteiger partial charge on any atom is 0.266 e. The molecule has 1 aromatic carbocycles. The van der Waals surface area contributed by atoms with Gasteiger partial charge in [-0.3, -0.25) is 0 Å². The summed E-state index contributed by atoms with van der Waals surface area (Å²) in [6, 6.07) is 2.28. The Morgan fingerprint density at radius 3 is 2.28 bits per heavy atom. The normalized spacial score (nSPS) is 12.2. The zero-order valence-corrected chi connectivity index (χ0v) is 11.3. The Hall–Kier alpha value is -0.790. The van der Waals surface area contributed by atoms with Gasteiger partial charge in [0.05, 0.1) is 5.56 Å². The third-order valence-corrected chi connectivity index (χ3v) is 2.69. The molecule has 2 unspecified atom stereocenters. The highest BCUT2D eigenvalue weighted by Gasteiger charge is 2.16. The quantitative estimate of drug-likeness (QED) is 0.582. The summed E-state index contributed by atoms with van der Waals surface area (Å²) in [7, 11) is 3.62. The number of benzene rings is 1. The standard InChI is InChI=1S/C11H9F5P2/c12-7-4-6(17)3-5(1-2-8(13)14)9(7)10(15)11(16)18/h2-4H,1,17-18H2/b11-10+. The Morgan fingerprint density at radius 2 is 1.78 bits per heavy atom. The zero-order valence-electron chi connectivity index (χ0n) is 8.98. The van der Waals surface area contributed by atoms with E-state index >= 15 is 0 Å². The van der Waals surface area contributed by atoms with Crippen LogP contribution in [0.15, 0.2) is 29.9 Å². The van der Waals surface area contributed by atoms with E-state index < -0.39 is 28.9 Å². The first kappa shape index (κ1) is 15.3. The molecule has 0 saturated carbocycles. The van der Waals surface area contributed by atoms with Gasteiger partial charge in [0.2, 0.25) is 0 Å². The second kappa shape index (κ2) is 6.40. The lowest BCUT2D eigenvalue weighted by atomic mass is 10.0. The van der Waals surface area contributed by atoms with E-state index in [-0.39, 0.29) is 12.0 Å². The smallest absolute Gasteiger partial charge is 0.206 e. The summed E-state index contributed by atoms with van der Waals surface area (Å²) in [5.74, 6) is -2.41. The number of hydrogen-bond donors (Lipinski definition) is 0. The number of halogens is 5. The molecule has 0 aliphatic carbocycles. The third-order valence-electron chi connectivity index (χ3n) is 2.10. The molecule has 2 atom stereocenters. The van der Waals surface area contributed by atoms with Gasteiger partial charge in [0.1, 0.15) is 5.82 Å². The van der Waals surface area contributed by atoms with Gasteiger partial charge in [-0.05, 0) is 29.4 Å². The number of allylic oxidation sites excluding steroid dienone is 1. The van der Waals surface area contributed by atoms with E-state index in [0.29, 0.717) is 11.4 Å². The fourth-order valence-electron chi connectivity index (χ4n) is 1.40. The van der Waals surface area contributed by atoms with E-state index in [1.165, 1.54) is 15.3 Å². The van der Waals surface area contributed by atoms with Crippen molar-refractivity contribution in [2.75, 3.05) is 0 Å². The van der Waals surface area contributed by atoms with E-state index in [0.717, 1.165) is 6.07 Å². The molecule has 0 saturated heterocycles. The van der Waals surface area contributed by atoms with Crippen molar-refractivity contribution in [1.29, 1.82) is 0 Å². The first-order valence-electron chi connectivity index (χ1n) is 4.73. The molecule has 0 fully saturated rings. The molecule has 98 valence electrons. The summed E-state index contributed by atoms with van der Waals surface area (Å²) in [4.78, 5) is 0. The summed E-state index contributed by atoms with van der Waals surface area (Å²) in [5, 5.41) is 0.357. The molecular weight excluding hydrogens is 289 g/mol. The molecule has 0 amide bonds. The van der Waals surface area contributed by atoms with Crippen LogP contribution in [-0.4, -0.2) is 0 Å². The SMILES string of the molecule is FC(F)=CCc1cc(P)cc(F)c1/C(F)=C(/F)P. The summed E-state index contributed by atoms with van der Waals surface area (Å²) >= 11 is 0. The zero-order chi connectivity index (χ0) is 13.9. The monoisotopic (exact) mass is 298 g/mol. The number of hydrogen-bond acceptors (Lipinski definition) is 0. The lowest BCUT2D eigenvalue weighted by molar-refractivity contribution is 0.418. The van der Waals surface area contributed by atoms with Crippen LogP contribution in [-0.2, 0) is 6.42 Å². The van der Waals surface area contributed by atoms with Gasteiger partial charge < -0.3 is 0 Å². The maximum atomic E-state index is 13.6. The number of rotatable bonds is 3. The first-order chi connectivity index (χ1) is 8.32. The fourth-order valence-corrected chi connectivity index (χ4v) is 1.89. The molecular formula is C11H9F5P2. The molecule has 0 N–H and O–H groups in total. The molecule has 7 heteroatoms. The van der Waals surface area contributed by atoms with Crippen molar-refractivity contribution in [3.8, 4) is 0 Å². The Labute approximate surface area is 105 Å². The molecule has 0 spiro atoms. The van der Waals surface area contributed by atoms with Gasteiger partial charge in [0.25, 0.3) is 6.08 Å². The van der Waals surface area contributed by atoms with Gasteiger partial charge >= 0.3 is 0 Å². The molecule has 0 radical (unpaired) electrons. The minimum Gasteiger partial charge on any atom is -0.206 e. The summed E-state index contributed by atoms with van der Waals surface area (Å²) in [6.07, 6.45) is -1.84. The lowest BCUT2D eigenvalue weighted by Gasteiger charge is -2.09. The summed E-state index contributed by atoms with van der Waals surface area (Å²) in [5.41, 5.74) is -1.97. The van der Waals surface area contributed by atoms with E-state index in [1.807, 2.05) is 0 Å². The summed E-state index contributed by atoms with van der Waals surface area (Å²) < 4.78 is 63.8. The summed E-state index contributed by atoms with van der Waals surface area (Å²) in [6.45, 7) is 0. The Bertz CT molecular complexity index is 514. The van der Waals surface area contributed by atoms with Crippen molar-refractivity contribution in [3.05, 3.63) is 46.8 Å². The fraction of sp³-hybridized carbons (Fsp3) is 0.0909. The molecule has 0 bridgehead atoms. The second-order valence-electron chi connectivity index (χ2n) is 3.40. The van der Waals surface area contributed by atoms with Crippen LogP contribution >= 0.6 is 18.5 Å². The van der Waals surface area contributed by atoms with Crippen molar-refractivity contribution >= 4 is 29.6 Å². The van der Waals surface area contributed by atoms with Crippen LogP contribution < -0.4 is 5.30 Å². The van der Waals surface area contributed by atoms with Crippen LogP contribution in [0.5, 0.6) is 0 Å². The van der Waals surface area contributed by atoms with Crippen molar-refractivity contribution in [2.24, 2.45) is 0 Å². The predicted octanol–water partition coefficient (Wildman–Crippen LogP) is 4.09. The van der Waals surface area contributed by atoms with Crippen LogP contribution in [0.4, 0.5) is 22.0 Å². The highest BCUT2D eigenvalue weighted by atomic mass is 31.0. The molecule has 1 rings (SSSR count). The highest BCUT2D eigenvalue weighted by molar-refractivity contribution is 7.27. The van der Waals surface area contributed by atoms with E-state index in [4.69, 9.17) is 0 Å². The largest absolute Gasteiger partial charge is 0.266 e. The molecule has 18 heavy (non-hydrogen) atoms. The molecule has 0 heterocycles. The molecule has 0 nitrogen and oxygen atoms in total. The topological polar surface area (TPSA) is 0 Å². The van der Waals surface area contributed by atoms with Crippen LogP contribution in [0.3, 0.4) is 0 Å². The van der Waals surface area contributed by atoms with Gasteiger partial charge in [0, 0.05) is 0 Å². The van der Waals surface area contributed by atoms with Crippen LogP contribution in [0.1, 0.15) is 11.1 Å². The molecule has 0 aliphatic heterocycles. The minimum atomic E-state index is -1.97. The average Bonchev–Trinajstić information content (AvgIpc) is 2.24. The van der Waals surface area contributed by atoms with Crippen molar-refractivity contribution < 1.29 is 22.0 Å². The molecule has 1 aromatic rings. The highest BCUT2D eigenvalue weighted by Crippen LogP contribution is 2.30. The first-order valence-corrected chi connectivity index (χ1v) is 5.88. The molecule has 0 aromatic heterocycles. The van der Waals surface area contributed by atoms with E-state index in [9.17, 15) is 22.0 Å². The van der Waals surface area contributed by atoms with Crippen molar-refractivity contribution in [1.82, 2.24) is 0 Å². The van der Waals surface area contributed by atoms with E-state index in [2.05, 4.69) is 9.24 Å². The Morgan fingerprint density at radius 1 is 1.17 bits per heavy atom. The van der Waals surface area contributed by atoms with Crippen molar-refractivity contribution in [2.45, 2.75) is 6.42 Å². The average molecular weight is 298 g/mol. The Kier molecular flexibility index (Phi) is 5.43. The minimum absolute atomic E-state index is 0.0529. The Balaban J connectivity index is 3.39. The van der Waals surface area contributed by atoms with E-state index in [1.54, 1.807) is 0 Å². The van der Waals surface area contributed by atoms with Crippen LogP contribution in [0.2, 0.25) is 0 Å². The maximum absolute atomic E-state index is 13.6. The third kappa shape index (κ3) is 3.86. The van der Waals surface area contributed by atoms with Crippen LogP contribution in [0, 0.1) is 5.82 Å². The van der Waals surface area contributed by atoms with Gasteiger partial charge in [-0.2, -0.15) is 8.78 Å². The van der Waals surface area contributed by atoms with Gasteiger partial charge in [-0.15, -0.1) is 9.24 Å². The van der Waals surface area contributed by atoms with Gasteiger partial charge in [0.15, 0.2) is 11.4 Å².